The monoisotopic (exact) mass is 325 g/mol. The molecule has 0 saturated carbocycles. The Labute approximate surface area is 127 Å². The molecule has 3 rings (SSSR count). The van der Waals surface area contributed by atoms with Crippen molar-refractivity contribution in [1.82, 2.24) is 14.9 Å². The Morgan fingerprint density at radius 3 is 3.05 bits per heavy atom. The van der Waals surface area contributed by atoms with Crippen LogP contribution in [0.5, 0.6) is 5.75 Å². The highest BCUT2D eigenvalue weighted by Crippen LogP contribution is 2.39. The molecule has 1 atom stereocenters. The lowest BCUT2D eigenvalue weighted by Crippen LogP contribution is -2.21. The molecule has 8 heteroatoms. The Hall–Kier alpha value is -1.93. The van der Waals surface area contributed by atoms with E-state index in [0.717, 1.165) is 28.2 Å². The molecule has 0 aliphatic carbocycles. The first-order valence-corrected chi connectivity index (χ1v) is 8.59. The van der Waals surface area contributed by atoms with Crippen LogP contribution in [0.2, 0.25) is 0 Å². The van der Waals surface area contributed by atoms with Crippen LogP contribution < -0.4 is 9.68 Å². The number of ether oxygens (including phenoxy) is 1. The lowest BCUT2D eigenvalue weighted by molar-refractivity contribution is 0.273. The second-order valence-electron chi connectivity index (χ2n) is 5.18. The summed E-state index contributed by atoms with van der Waals surface area (Å²) in [5.74, 6) is 0.516. The van der Waals surface area contributed by atoms with Gasteiger partial charge in [-0.05, 0) is 18.4 Å². The highest BCUT2D eigenvalue weighted by molar-refractivity contribution is 7.89. The third-order valence-electron chi connectivity index (χ3n) is 3.81. The highest BCUT2D eigenvalue weighted by atomic mass is 32.2. The van der Waals surface area contributed by atoms with Crippen molar-refractivity contribution >= 4 is 10.0 Å². The van der Waals surface area contributed by atoms with Crippen molar-refractivity contribution in [3.63, 3.8) is 0 Å². The molecule has 0 radical (unpaired) electrons. The van der Waals surface area contributed by atoms with E-state index in [2.05, 4.69) is 9.97 Å². The summed E-state index contributed by atoms with van der Waals surface area (Å²) in [5.41, 5.74) is 2.76. The zero-order valence-corrected chi connectivity index (χ0v) is 12.6. The van der Waals surface area contributed by atoms with Crippen LogP contribution in [0.4, 0.5) is 4.48 Å². The number of aryl methyl sites for hydroxylation is 1. The summed E-state index contributed by atoms with van der Waals surface area (Å²) in [6.45, 7) is 0.543. The summed E-state index contributed by atoms with van der Waals surface area (Å²) in [7, 11) is -3.89. The van der Waals surface area contributed by atoms with E-state index in [4.69, 9.17) is 4.74 Å². The maximum absolute atomic E-state index is 12.2. The largest absolute Gasteiger partial charge is 0.493 e. The molecule has 0 saturated heterocycles. The van der Waals surface area contributed by atoms with Crippen molar-refractivity contribution < 1.29 is 17.6 Å². The van der Waals surface area contributed by atoms with Gasteiger partial charge in [0.15, 0.2) is 0 Å². The van der Waals surface area contributed by atoms with Gasteiger partial charge in [0.1, 0.15) is 5.75 Å². The second kappa shape index (κ2) is 6.05. The fraction of sp³-hybridized carbons (Fsp3) is 0.357. The molecule has 2 N–H and O–H groups in total. The Morgan fingerprint density at radius 2 is 2.32 bits per heavy atom. The number of nitrogens with one attached hydrogen (secondary N) is 2. The molecular formula is C14H16FN3O3S. The van der Waals surface area contributed by atoms with E-state index in [-0.39, 0.29) is 18.1 Å². The number of rotatable bonds is 5. The minimum absolute atomic E-state index is 0.141. The van der Waals surface area contributed by atoms with Gasteiger partial charge < -0.3 is 9.72 Å². The second-order valence-corrected chi connectivity index (χ2v) is 6.97. The maximum atomic E-state index is 12.2. The van der Waals surface area contributed by atoms with Gasteiger partial charge in [-0.3, -0.25) is 0 Å². The first kappa shape index (κ1) is 15.0. The Morgan fingerprint density at radius 1 is 1.45 bits per heavy atom. The standard InChI is InChI=1S/C14H16FN3O3S/c15-18-22(19,20)7-5-10-2-1-3-12-11(4-6-21-14(10)12)13-8-16-9-17-13/h1-3,8-9,11,18H,4-7H2,(H,16,17). The molecule has 2 heterocycles. The molecule has 0 fully saturated rings. The number of para-hydroxylation sites is 1. The predicted octanol–water partition coefficient (Wildman–Crippen LogP) is 1.67. The third-order valence-corrected chi connectivity index (χ3v) is 4.78. The first-order valence-electron chi connectivity index (χ1n) is 6.93. The van der Waals surface area contributed by atoms with Crippen LogP contribution in [0.3, 0.4) is 0 Å². The van der Waals surface area contributed by atoms with Gasteiger partial charge >= 0.3 is 0 Å². The Kier molecular flexibility index (Phi) is 4.12. The average molecular weight is 325 g/mol. The van der Waals surface area contributed by atoms with Crippen LogP contribution in [-0.4, -0.2) is 30.7 Å². The van der Waals surface area contributed by atoms with Gasteiger partial charge in [-0.2, -0.15) is 0 Å². The average Bonchev–Trinajstić information content (AvgIpc) is 3.06. The number of sulfonamides is 1. The number of halogens is 1. The van der Waals surface area contributed by atoms with E-state index in [9.17, 15) is 12.9 Å². The fourth-order valence-corrected chi connectivity index (χ4v) is 3.32. The number of imidazole rings is 1. The number of aromatic amines is 1. The quantitative estimate of drug-likeness (QED) is 0.819. The molecule has 1 aliphatic heterocycles. The van der Waals surface area contributed by atoms with E-state index < -0.39 is 10.0 Å². The molecular weight excluding hydrogens is 309 g/mol. The lowest BCUT2D eigenvalue weighted by Gasteiger charge is -2.27. The van der Waals surface area contributed by atoms with Crippen molar-refractivity contribution in [2.75, 3.05) is 12.4 Å². The van der Waals surface area contributed by atoms with Crippen LogP contribution in [0.1, 0.15) is 29.2 Å². The van der Waals surface area contributed by atoms with Crippen molar-refractivity contribution in [3.8, 4) is 5.75 Å². The van der Waals surface area contributed by atoms with Crippen LogP contribution in [0.15, 0.2) is 30.7 Å². The predicted molar refractivity (Wildman–Crippen MR) is 78.7 cm³/mol. The number of benzene rings is 1. The molecule has 118 valence electrons. The van der Waals surface area contributed by atoms with E-state index >= 15 is 0 Å². The topological polar surface area (TPSA) is 84.1 Å². The molecule has 1 aromatic carbocycles. The van der Waals surface area contributed by atoms with Gasteiger partial charge in [0.05, 0.1) is 18.7 Å². The molecule has 2 aromatic rings. The minimum atomic E-state index is -3.89. The van der Waals surface area contributed by atoms with Gasteiger partial charge in [0.25, 0.3) is 0 Å². The van der Waals surface area contributed by atoms with Gasteiger partial charge in [-0.25, -0.2) is 13.4 Å². The smallest absolute Gasteiger partial charge is 0.237 e. The normalized spacial score (nSPS) is 17.8. The van der Waals surface area contributed by atoms with Crippen LogP contribution >= 0.6 is 0 Å². The summed E-state index contributed by atoms with van der Waals surface area (Å²) in [5, 5.41) is 0. The van der Waals surface area contributed by atoms with Crippen LogP contribution in [-0.2, 0) is 16.4 Å². The van der Waals surface area contributed by atoms with E-state index in [1.807, 2.05) is 18.2 Å². The Balaban J connectivity index is 1.90. The van der Waals surface area contributed by atoms with Crippen LogP contribution in [0.25, 0.3) is 0 Å². The van der Waals surface area contributed by atoms with E-state index in [1.165, 1.54) is 0 Å². The van der Waals surface area contributed by atoms with Crippen molar-refractivity contribution in [3.05, 3.63) is 47.5 Å². The summed E-state index contributed by atoms with van der Waals surface area (Å²) in [6, 6.07) is 5.63. The molecule has 0 spiro atoms. The van der Waals surface area contributed by atoms with E-state index in [1.54, 1.807) is 12.5 Å². The van der Waals surface area contributed by atoms with Gasteiger partial charge in [-0.15, -0.1) is 4.48 Å². The van der Waals surface area contributed by atoms with Crippen molar-refractivity contribution in [1.29, 1.82) is 0 Å². The Bertz CT molecular complexity index is 747. The summed E-state index contributed by atoms with van der Waals surface area (Å²) in [6.07, 6.45) is 4.43. The fourth-order valence-electron chi connectivity index (χ4n) is 2.75. The summed E-state index contributed by atoms with van der Waals surface area (Å²) < 4.78 is 40.4. The SMILES string of the molecule is O=S(=O)(CCc1cccc2c1OCCC2c1cnc[nH]1)NF. The molecule has 22 heavy (non-hydrogen) atoms. The molecule has 0 bridgehead atoms. The molecule has 6 nitrogen and oxygen atoms in total. The number of H-pyrrole nitrogens is 1. The molecule has 1 aromatic heterocycles. The lowest BCUT2D eigenvalue weighted by atomic mass is 9.89. The van der Waals surface area contributed by atoms with Crippen molar-refractivity contribution in [2.45, 2.75) is 18.8 Å². The van der Waals surface area contributed by atoms with Crippen LogP contribution in [0, 0.1) is 0 Å². The van der Waals surface area contributed by atoms with E-state index in [0.29, 0.717) is 12.4 Å². The minimum Gasteiger partial charge on any atom is -0.493 e. The first-order chi connectivity index (χ1) is 10.6. The summed E-state index contributed by atoms with van der Waals surface area (Å²) >= 11 is 0. The molecule has 0 amide bonds. The number of nitrogens with zero attached hydrogens (tertiary/aromatic N) is 1. The van der Waals surface area contributed by atoms with Gasteiger partial charge in [0.2, 0.25) is 10.0 Å². The number of aromatic nitrogens is 2. The summed E-state index contributed by atoms with van der Waals surface area (Å²) in [4.78, 5) is 8.00. The number of fused-ring (bicyclic) bond motifs is 1. The van der Waals surface area contributed by atoms with Crippen molar-refractivity contribution in [2.24, 2.45) is 0 Å². The molecule has 1 aliphatic rings. The van der Waals surface area contributed by atoms with Gasteiger partial charge in [-0.1, -0.05) is 23.1 Å². The zero-order chi connectivity index (χ0) is 15.6. The molecule has 1 unspecified atom stereocenters. The number of hydrogen-bond acceptors (Lipinski definition) is 4. The van der Waals surface area contributed by atoms with Gasteiger partial charge in [0, 0.05) is 23.4 Å². The zero-order valence-electron chi connectivity index (χ0n) is 11.8. The highest BCUT2D eigenvalue weighted by Gasteiger charge is 2.26. The number of hydrogen-bond donors (Lipinski definition) is 2. The third kappa shape index (κ3) is 2.97. The maximum Gasteiger partial charge on any atom is 0.237 e.